The summed E-state index contributed by atoms with van der Waals surface area (Å²) >= 11 is 0. The van der Waals surface area contributed by atoms with Crippen molar-refractivity contribution in [2.75, 3.05) is 26.2 Å². The van der Waals surface area contributed by atoms with Crippen molar-refractivity contribution in [2.45, 2.75) is 50.7 Å². The summed E-state index contributed by atoms with van der Waals surface area (Å²) in [5, 5.41) is 3.12. The Balaban J connectivity index is 1.44. The lowest BCUT2D eigenvalue weighted by atomic mass is 10.0. The molecule has 2 heterocycles. The zero-order valence-electron chi connectivity index (χ0n) is 11.8. The Hall–Kier alpha value is -0.870. The van der Waals surface area contributed by atoms with Crippen LogP contribution in [0.4, 0.5) is 0 Å². The fourth-order valence-electron chi connectivity index (χ4n) is 3.15. The monoisotopic (exact) mass is 263 g/mol. The lowest BCUT2D eigenvalue weighted by Gasteiger charge is -2.38. The van der Waals surface area contributed by atoms with Crippen LogP contribution in [0.1, 0.15) is 32.6 Å². The van der Waals surface area contributed by atoms with Gasteiger partial charge < -0.3 is 5.32 Å². The topological polar surface area (TPSA) is 35.6 Å². The number of carbonyl (C=O) groups excluding carboxylic acids is 1. The summed E-state index contributed by atoms with van der Waals surface area (Å²) < 4.78 is 0. The van der Waals surface area contributed by atoms with Gasteiger partial charge in [0.05, 0.1) is 6.04 Å². The van der Waals surface area contributed by atoms with Gasteiger partial charge in [0.1, 0.15) is 0 Å². The maximum absolute atomic E-state index is 12.1. The number of hydrogen-bond acceptors (Lipinski definition) is 3. The van der Waals surface area contributed by atoms with E-state index in [-0.39, 0.29) is 11.9 Å². The van der Waals surface area contributed by atoms with Gasteiger partial charge in [0.25, 0.3) is 0 Å². The van der Waals surface area contributed by atoms with Crippen molar-refractivity contribution < 1.29 is 4.79 Å². The standard InChI is InChI=1S/C15H25N3O/c1-12(15(19)16-13-4-5-13)17-10-6-14(7-11-17)18-8-2-3-9-18/h2-3,12-14H,4-11H2,1H3,(H,16,19). The summed E-state index contributed by atoms with van der Waals surface area (Å²) in [4.78, 5) is 17.0. The van der Waals surface area contributed by atoms with Crippen LogP contribution in [-0.4, -0.2) is 60.0 Å². The Morgan fingerprint density at radius 3 is 2.37 bits per heavy atom. The van der Waals surface area contributed by atoms with Crippen LogP contribution in [0, 0.1) is 0 Å². The number of nitrogens with one attached hydrogen (secondary N) is 1. The molecule has 1 saturated carbocycles. The summed E-state index contributed by atoms with van der Waals surface area (Å²) in [5.74, 6) is 0.226. The van der Waals surface area contributed by atoms with Gasteiger partial charge >= 0.3 is 0 Å². The molecule has 0 aromatic rings. The van der Waals surface area contributed by atoms with E-state index < -0.39 is 0 Å². The first-order valence-electron chi connectivity index (χ1n) is 7.67. The minimum absolute atomic E-state index is 0.0400. The van der Waals surface area contributed by atoms with Crippen LogP contribution in [-0.2, 0) is 4.79 Å². The zero-order chi connectivity index (χ0) is 13.2. The summed E-state index contributed by atoms with van der Waals surface area (Å²) in [7, 11) is 0. The molecule has 2 aliphatic heterocycles. The highest BCUT2D eigenvalue weighted by Gasteiger charge is 2.31. The van der Waals surface area contributed by atoms with Crippen molar-refractivity contribution in [3.8, 4) is 0 Å². The molecule has 0 bridgehead atoms. The molecule has 106 valence electrons. The predicted octanol–water partition coefficient (Wildman–Crippen LogP) is 0.990. The maximum atomic E-state index is 12.1. The van der Waals surface area contributed by atoms with Gasteiger partial charge in [-0.3, -0.25) is 14.6 Å². The average Bonchev–Trinajstić information content (AvgIpc) is 3.08. The van der Waals surface area contributed by atoms with E-state index in [9.17, 15) is 4.79 Å². The minimum atomic E-state index is 0.0400. The molecule has 1 unspecified atom stereocenters. The highest BCUT2D eigenvalue weighted by atomic mass is 16.2. The van der Waals surface area contributed by atoms with Crippen molar-refractivity contribution in [1.29, 1.82) is 0 Å². The van der Waals surface area contributed by atoms with Gasteiger partial charge in [-0.2, -0.15) is 0 Å². The van der Waals surface area contributed by atoms with Gasteiger partial charge in [0.2, 0.25) is 5.91 Å². The van der Waals surface area contributed by atoms with Crippen LogP contribution in [0.2, 0.25) is 0 Å². The van der Waals surface area contributed by atoms with Crippen molar-refractivity contribution in [3.05, 3.63) is 12.2 Å². The first-order valence-corrected chi connectivity index (χ1v) is 7.67. The largest absolute Gasteiger partial charge is 0.352 e. The number of piperidine rings is 1. The number of nitrogens with zero attached hydrogens (tertiary/aromatic N) is 2. The summed E-state index contributed by atoms with van der Waals surface area (Å²) in [6.45, 7) is 6.39. The molecule has 1 saturated heterocycles. The van der Waals surface area contributed by atoms with Gasteiger partial charge in [-0.15, -0.1) is 0 Å². The van der Waals surface area contributed by atoms with E-state index in [2.05, 4.69) is 34.2 Å². The molecule has 4 nitrogen and oxygen atoms in total. The second-order valence-electron chi connectivity index (χ2n) is 6.15. The smallest absolute Gasteiger partial charge is 0.237 e. The molecular formula is C15H25N3O. The van der Waals surface area contributed by atoms with Gasteiger partial charge in [-0.1, -0.05) is 12.2 Å². The third kappa shape index (κ3) is 3.18. The molecule has 0 aromatic heterocycles. The normalized spacial score (nSPS) is 27.6. The Morgan fingerprint density at radius 1 is 1.16 bits per heavy atom. The van der Waals surface area contributed by atoms with Gasteiger partial charge in [0.15, 0.2) is 0 Å². The lowest BCUT2D eigenvalue weighted by molar-refractivity contribution is -0.126. The van der Waals surface area contributed by atoms with E-state index in [1.54, 1.807) is 0 Å². The molecule has 0 spiro atoms. The van der Waals surface area contributed by atoms with Crippen molar-refractivity contribution in [3.63, 3.8) is 0 Å². The third-order valence-corrected chi connectivity index (χ3v) is 4.71. The van der Waals surface area contributed by atoms with E-state index in [4.69, 9.17) is 0 Å². The SMILES string of the molecule is CC(C(=O)NC1CC1)N1CCC(N2CC=CC2)CC1. The molecule has 3 rings (SSSR count). The Labute approximate surface area is 115 Å². The van der Waals surface area contributed by atoms with Gasteiger partial charge in [-0.25, -0.2) is 0 Å². The second kappa shape index (κ2) is 5.63. The van der Waals surface area contributed by atoms with Gasteiger partial charge in [-0.05, 0) is 32.6 Å². The Morgan fingerprint density at radius 2 is 1.79 bits per heavy atom. The maximum Gasteiger partial charge on any atom is 0.237 e. The van der Waals surface area contributed by atoms with Crippen molar-refractivity contribution in [2.24, 2.45) is 0 Å². The predicted molar refractivity (Wildman–Crippen MR) is 75.9 cm³/mol. The van der Waals surface area contributed by atoms with E-state index in [1.165, 1.54) is 25.7 Å². The molecule has 0 radical (unpaired) electrons. The molecule has 1 atom stereocenters. The number of carbonyl (C=O) groups is 1. The molecule has 2 fully saturated rings. The summed E-state index contributed by atoms with van der Waals surface area (Å²) in [6, 6.07) is 1.23. The first-order chi connectivity index (χ1) is 9.24. The lowest BCUT2D eigenvalue weighted by Crippen LogP contribution is -2.51. The van der Waals surface area contributed by atoms with E-state index in [0.717, 1.165) is 26.2 Å². The minimum Gasteiger partial charge on any atom is -0.352 e. The fraction of sp³-hybridized carbons (Fsp3) is 0.800. The van der Waals surface area contributed by atoms with E-state index in [0.29, 0.717) is 12.1 Å². The van der Waals surface area contributed by atoms with Crippen LogP contribution >= 0.6 is 0 Å². The van der Waals surface area contributed by atoms with E-state index >= 15 is 0 Å². The number of amides is 1. The highest BCUT2D eigenvalue weighted by molar-refractivity contribution is 5.81. The zero-order valence-corrected chi connectivity index (χ0v) is 11.8. The third-order valence-electron chi connectivity index (χ3n) is 4.71. The number of likely N-dealkylation sites (tertiary alicyclic amines) is 1. The molecule has 1 N–H and O–H groups in total. The van der Waals surface area contributed by atoms with Crippen molar-refractivity contribution in [1.82, 2.24) is 15.1 Å². The second-order valence-corrected chi connectivity index (χ2v) is 6.15. The first kappa shape index (κ1) is 13.1. The Kier molecular flexibility index (Phi) is 3.89. The van der Waals surface area contributed by atoms with Crippen LogP contribution in [0.3, 0.4) is 0 Å². The number of rotatable bonds is 4. The highest BCUT2D eigenvalue weighted by Crippen LogP contribution is 2.22. The molecule has 3 aliphatic rings. The van der Waals surface area contributed by atoms with Crippen molar-refractivity contribution >= 4 is 5.91 Å². The molecule has 4 heteroatoms. The molecule has 1 amide bonds. The van der Waals surface area contributed by atoms with Gasteiger partial charge in [0, 0.05) is 38.3 Å². The summed E-state index contributed by atoms with van der Waals surface area (Å²) in [6.07, 6.45) is 9.26. The van der Waals surface area contributed by atoms with Crippen LogP contribution in [0.15, 0.2) is 12.2 Å². The average molecular weight is 263 g/mol. The van der Waals surface area contributed by atoms with Crippen LogP contribution in [0.25, 0.3) is 0 Å². The molecule has 0 aromatic carbocycles. The van der Waals surface area contributed by atoms with E-state index in [1.807, 2.05) is 0 Å². The molecule has 1 aliphatic carbocycles. The quantitative estimate of drug-likeness (QED) is 0.768. The fourth-order valence-corrected chi connectivity index (χ4v) is 3.15. The van der Waals surface area contributed by atoms with Crippen LogP contribution < -0.4 is 5.32 Å². The summed E-state index contributed by atoms with van der Waals surface area (Å²) in [5.41, 5.74) is 0. The molecule has 19 heavy (non-hydrogen) atoms. The molecular weight excluding hydrogens is 238 g/mol. The van der Waals surface area contributed by atoms with Crippen LogP contribution in [0.5, 0.6) is 0 Å². The Bertz CT molecular complexity index is 348. The number of hydrogen-bond donors (Lipinski definition) is 1.